The highest BCUT2D eigenvalue weighted by molar-refractivity contribution is 7.71. The van der Waals surface area contributed by atoms with Gasteiger partial charge in [-0.1, -0.05) is 0 Å². The van der Waals surface area contributed by atoms with Gasteiger partial charge in [-0.3, -0.25) is 9.69 Å². The molecular formula is C18H23N3O5S. The Hall–Kier alpha value is -2.39. The van der Waals surface area contributed by atoms with Gasteiger partial charge >= 0.3 is 5.97 Å². The summed E-state index contributed by atoms with van der Waals surface area (Å²) in [6, 6.07) is 7.27. The van der Waals surface area contributed by atoms with Gasteiger partial charge in [0.15, 0.2) is 6.61 Å². The highest BCUT2D eigenvalue weighted by Crippen LogP contribution is 2.20. The summed E-state index contributed by atoms with van der Waals surface area (Å²) < 4.78 is 22.8. The smallest absolute Gasteiger partial charge is 0.308 e. The standard InChI is InChI=1S/C18H23N3O5S/c1-23-14-3-5-15(6-4-14)25-11-16-19-21(18(27)26-16)12-20-9-7-13(8-10-20)17(22)24-2/h3-6,13H,7-12H2,1-2H3. The molecule has 0 atom stereocenters. The number of ether oxygens (including phenoxy) is 3. The molecule has 8 nitrogen and oxygen atoms in total. The van der Waals surface area contributed by atoms with Crippen LogP contribution in [0.3, 0.4) is 0 Å². The van der Waals surface area contributed by atoms with Crippen LogP contribution in [-0.4, -0.2) is 48.0 Å². The minimum atomic E-state index is -0.134. The molecular weight excluding hydrogens is 370 g/mol. The van der Waals surface area contributed by atoms with Crippen LogP contribution in [0.15, 0.2) is 28.7 Å². The van der Waals surface area contributed by atoms with Crippen molar-refractivity contribution >= 4 is 18.2 Å². The number of carbonyl (C=O) groups excluding carboxylic acids is 1. The first-order valence-corrected chi connectivity index (χ1v) is 9.13. The SMILES string of the molecule is COC(=O)C1CCN(Cn2nc(COc3ccc(OC)cc3)oc2=S)CC1. The fraction of sp³-hybridized carbons (Fsp3) is 0.500. The predicted molar refractivity (Wildman–Crippen MR) is 99.0 cm³/mol. The topological polar surface area (TPSA) is 79.0 Å². The molecule has 1 aromatic heterocycles. The van der Waals surface area contributed by atoms with Crippen molar-refractivity contribution in [1.29, 1.82) is 0 Å². The third-order valence-corrected chi connectivity index (χ3v) is 4.82. The van der Waals surface area contributed by atoms with Crippen LogP contribution in [0.5, 0.6) is 11.5 Å². The molecule has 0 bridgehead atoms. The van der Waals surface area contributed by atoms with Crippen LogP contribution < -0.4 is 9.47 Å². The second kappa shape index (κ2) is 9.01. The lowest BCUT2D eigenvalue weighted by molar-refractivity contribution is -0.147. The molecule has 27 heavy (non-hydrogen) atoms. The van der Waals surface area contributed by atoms with Crippen LogP contribution in [0.2, 0.25) is 0 Å². The first-order valence-electron chi connectivity index (χ1n) is 8.73. The molecule has 1 aliphatic rings. The molecule has 1 fully saturated rings. The molecule has 2 heterocycles. The Morgan fingerprint density at radius 3 is 2.52 bits per heavy atom. The molecule has 0 spiro atoms. The van der Waals surface area contributed by atoms with Crippen molar-refractivity contribution in [1.82, 2.24) is 14.7 Å². The quantitative estimate of drug-likeness (QED) is 0.525. The summed E-state index contributed by atoms with van der Waals surface area (Å²) in [5.41, 5.74) is 0. The van der Waals surface area contributed by atoms with E-state index in [1.807, 2.05) is 24.3 Å². The average molecular weight is 393 g/mol. The van der Waals surface area contributed by atoms with E-state index in [1.54, 1.807) is 11.8 Å². The molecule has 146 valence electrons. The summed E-state index contributed by atoms with van der Waals surface area (Å²) in [6.45, 7) is 2.28. The van der Waals surface area contributed by atoms with Crippen LogP contribution in [0.4, 0.5) is 0 Å². The Kier molecular flexibility index (Phi) is 6.46. The van der Waals surface area contributed by atoms with E-state index in [0.717, 1.165) is 31.7 Å². The number of benzene rings is 1. The lowest BCUT2D eigenvalue weighted by Gasteiger charge is -2.29. The molecule has 9 heteroatoms. The summed E-state index contributed by atoms with van der Waals surface area (Å²) in [5.74, 6) is 1.72. The van der Waals surface area contributed by atoms with Gasteiger partial charge in [-0.2, -0.15) is 0 Å². The number of likely N-dealkylation sites (tertiary alicyclic amines) is 1. The zero-order chi connectivity index (χ0) is 19.2. The molecule has 1 aromatic carbocycles. The number of nitrogens with zero attached hydrogens (tertiary/aromatic N) is 3. The molecule has 3 rings (SSSR count). The minimum absolute atomic E-state index is 0.0232. The molecule has 1 saturated heterocycles. The largest absolute Gasteiger partial charge is 0.497 e. The Bertz CT molecular complexity index is 809. The number of esters is 1. The van der Waals surface area contributed by atoms with Crippen LogP contribution in [0.1, 0.15) is 18.7 Å². The van der Waals surface area contributed by atoms with E-state index < -0.39 is 0 Å². The number of piperidine rings is 1. The fourth-order valence-electron chi connectivity index (χ4n) is 2.98. The monoisotopic (exact) mass is 393 g/mol. The highest BCUT2D eigenvalue weighted by atomic mass is 32.1. The van der Waals surface area contributed by atoms with E-state index in [0.29, 0.717) is 23.1 Å². The van der Waals surface area contributed by atoms with Crippen LogP contribution in [-0.2, 0) is 22.8 Å². The van der Waals surface area contributed by atoms with Gasteiger partial charge in [0.05, 0.1) is 26.8 Å². The van der Waals surface area contributed by atoms with Crippen LogP contribution in [0, 0.1) is 10.8 Å². The molecule has 0 radical (unpaired) electrons. The van der Waals surface area contributed by atoms with Crippen molar-refractivity contribution in [3.63, 3.8) is 0 Å². The van der Waals surface area contributed by atoms with E-state index in [-0.39, 0.29) is 18.5 Å². The van der Waals surface area contributed by atoms with Gasteiger partial charge in [0.1, 0.15) is 11.5 Å². The Balaban J connectivity index is 1.52. The lowest BCUT2D eigenvalue weighted by Crippen LogP contribution is -2.38. The first-order chi connectivity index (χ1) is 13.1. The van der Waals surface area contributed by atoms with E-state index >= 15 is 0 Å². The van der Waals surface area contributed by atoms with Crippen molar-refractivity contribution in [3.8, 4) is 11.5 Å². The summed E-state index contributed by atoms with van der Waals surface area (Å²) in [7, 11) is 3.05. The van der Waals surface area contributed by atoms with Gasteiger partial charge in [0.25, 0.3) is 10.7 Å². The lowest BCUT2D eigenvalue weighted by atomic mass is 9.97. The van der Waals surface area contributed by atoms with Crippen molar-refractivity contribution in [2.45, 2.75) is 26.1 Å². The van der Waals surface area contributed by atoms with Crippen molar-refractivity contribution in [3.05, 3.63) is 35.0 Å². The van der Waals surface area contributed by atoms with E-state index in [9.17, 15) is 4.79 Å². The van der Waals surface area contributed by atoms with Gasteiger partial charge in [0, 0.05) is 13.1 Å². The second-order valence-electron chi connectivity index (χ2n) is 6.28. The molecule has 0 saturated carbocycles. The van der Waals surface area contributed by atoms with E-state index in [1.165, 1.54) is 7.11 Å². The third kappa shape index (κ3) is 5.08. The Morgan fingerprint density at radius 1 is 1.22 bits per heavy atom. The molecule has 0 amide bonds. The molecule has 0 unspecified atom stereocenters. The number of hydrogen-bond acceptors (Lipinski definition) is 8. The minimum Gasteiger partial charge on any atom is -0.497 e. The third-order valence-electron chi connectivity index (χ3n) is 4.53. The van der Waals surface area contributed by atoms with Gasteiger partial charge in [-0.15, -0.1) is 5.10 Å². The number of methoxy groups -OCH3 is 2. The molecule has 2 aromatic rings. The molecule has 0 N–H and O–H groups in total. The number of carbonyl (C=O) groups is 1. The second-order valence-corrected chi connectivity index (χ2v) is 6.63. The van der Waals surface area contributed by atoms with Crippen LogP contribution in [0.25, 0.3) is 0 Å². The summed E-state index contributed by atoms with van der Waals surface area (Å²) in [5, 5.41) is 4.39. The van der Waals surface area contributed by atoms with Gasteiger partial charge < -0.3 is 18.6 Å². The summed E-state index contributed by atoms with van der Waals surface area (Å²) in [6.07, 6.45) is 1.54. The Labute approximate surface area is 162 Å². The maximum absolute atomic E-state index is 11.6. The zero-order valence-electron chi connectivity index (χ0n) is 15.4. The van der Waals surface area contributed by atoms with Crippen molar-refractivity contribution in [2.75, 3.05) is 27.3 Å². The zero-order valence-corrected chi connectivity index (χ0v) is 16.2. The Morgan fingerprint density at radius 2 is 1.89 bits per heavy atom. The number of rotatable bonds is 7. The predicted octanol–water partition coefficient (Wildman–Crippen LogP) is 2.64. The maximum Gasteiger partial charge on any atom is 0.308 e. The van der Waals surface area contributed by atoms with Gasteiger partial charge in [-0.05, 0) is 49.3 Å². The average Bonchev–Trinajstić information content (AvgIpc) is 3.06. The van der Waals surface area contributed by atoms with Crippen molar-refractivity contribution in [2.24, 2.45) is 5.92 Å². The fourth-order valence-corrected chi connectivity index (χ4v) is 3.18. The maximum atomic E-state index is 11.6. The van der Waals surface area contributed by atoms with Gasteiger partial charge in [-0.25, -0.2) is 4.68 Å². The van der Waals surface area contributed by atoms with E-state index in [2.05, 4.69) is 10.00 Å². The normalized spacial score (nSPS) is 15.5. The first kappa shape index (κ1) is 19.4. The molecule has 1 aliphatic heterocycles. The molecule has 0 aliphatic carbocycles. The number of hydrogen-bond donors (Lipinski definition) is 0. The number of aromatic nitrogens is 2. The van der Waals surface area contributed by atoms with Gasteiger partial charge in [0.2, 0.25) is 0 Å². The summed E-state index contributed by atoms with van der Waals surface area (Å²) >= 11 is 5.25. The van der Waals surface area contributed by atoms with Crippen LogP contribution >= 0.6 is 12.2 Å². The van der Waals surface area contributed by atoms with Crippen molar-refractivity contribution < 1.29 is 23.4 Å². The highest BCUT2D eigenvalue weighted by Gasteiger charge is 2.26. The summed E-state index contributed by atoms with van der Waals surface area (Å²) in [4.78, 5) is 14.1. The van der Waals surface area contributed by atoms with E-state index in [4.69, 9.17) is 30.8 Å².